The molecule has 1 aromatic rings. The molecule has 0 atom stereocenters. The van der Waals surface area contributed by atoms with Crippen molar-refractivity contribution in [1.29, 1.82) is 0 Å². The maximum atomic E-state index is 11.8. The highest BCUT2D eigenvalue weighted by Crippen LogP contribution is 2.12. The number of hydrogen-bond donors (Lipinski definition) is 1. The van der Waals surface area contributed by atoms with Gasteiger partial charge in [-0.15, -0.1) is 0 Å². The summed E-state index contributed by atoms with van der Waals surface area (Å²) in [6.45, 7) is 5.78. The molecule has 0 aliphatic carbocycles. The standard InChI is InChI=1S/C12H14Cl2N2O/c1-3-4-10-5-9(6-11(14)16-10)12(17)15-7-8(2)13/h5-6H,2-4,7H2,1H3,(H,15,17). The fourth-order valence-corrected chi connectivity index (χ4v) is 1.64. The molecule has 0 bridgehead atoms. The molecule has 0 fully saturated rings. The monoisotopic (exact) mass is 272 g/mol. The highest BCUT2D eigenvalue weighted by Gasteiger charge is 2.08. The van der Waals surface area contributed by atoms with Gasteiger partial charge < -0.3 is 5.32 Å². The molecule has 1 amide bonds. The third-order valence-electron chi connectivity index (χ3n) is 2.06. The maximum absolute atomic E-state index is 11.8. The number of amides is 1. The maximum Gasteiger partial charge on any atom is 0.251 e. The Bertz CT molecular complexity index is 433. The Hall–Kier alpha value is -1.06. The second-order valence-electron chi connectivity index (χ2n) is 3.62. The van der Waals surface area contributed by atoms with Crippen molar-refractivity contribution in [3.8, 4) is 0 Å². The van der Waals surface area contributed by atoms with Gasteiger partial charge in [0.05, 0.1) is 6.54 Å². The second-order valence-corrected chi connectivity index (χ2v) is 4.54. The van der Waals surface area contributed by atoms with Crippen LogP contribution >= 0.6 is 23.2 Å². The molecular weight excluding hydrogens is 259 g/mol. The van der Waals surface area contributed by atoms with E-state index in [9.17, 15) is 4.79 Å². The molecule has 0 unspecified atom stereocenters. The van der Waals surface area contributed by atoms with Crippen LogP contribution in [0.1, 0.15) is 29.4 Å². The van der Waals surface area contributed by atoms with Crippen LogP contribution in [0, 0.1) is 0 Å². The van der Waals surface area contributed by atoms with Gasteiger partial charge in [-0.05, 0) is 18.6 Å². The third kappa shape index (κ3) is 4.75. The number of halogens is 2. The lowest BCUT2D eigenvalue weighted by atomic mass is 10.1. The van der Waals surface area contributed by atoms with Crippen LogP contribution in [0.3, 0.4) is 0 Å². The average molecular weight is 273 g/mol. The van der Waals surface area contributed by atoms with Gasteiger partial charge in [0.25, 0.3) is 5.91 Å². The summed E-state index contributed by atoms with van der Waals surface area (Å²) in [5.74, 6) is -0.228. The minimum Gasteiger partial charge on any atom is -0.347 e. The highest BCUT2D eigenvalue weighted by molar-refractivity contribution is 6.30. The van der Waals surface area contributed by atoms with Gasteiger partial charge in [0.2, 0.25) is 0 Å². The predicted molar refractivity (Wildman–Crippen MR) is 70.6 cm³/mol. The van der Waals surface area contributed by atoms with Crippen molar-refractivity contribution in [2.75, 3.05) is 6.54 Å². The molecule has 3 nitrogen and oxygen atoms in total. The molecule has 5 heteroatoms. The first-order valence-electron chi connectivity index (χ1n) is 5.31. The Morgan fingerprint density at radius 3 is 2.82 bits per heavy atom. The number of carbonyl (C=O) groups excluding carboxylic acids is 1. The number of pyridine rings is 1. The number of aromatic nitrogens is 1. The van der Waals surface area contributed by atoms with Gasteiger partial charge in [-0.2, -0.15) is 0 Å². The summed E-state index contributed by atoms with van der Waals surface area (Å²) in [5, 5.41) is 3.34. The first kappa shape index (κ1) is 14.0. The predicted octanol–water partition coefficient (Wildman–Crippen LogP) is 3.17. The van der Waals surface area contributed by atoms with E-state index in [1.807, 2.05) is 6.92 Å². The van der Waals surface area contributed by atoms with Crippen LogP contribution in [0.2, 0.25) is 5.15 Å². The summed E-state index contributed by atoms with van der Waals surface area (Å²) in [6.07, 6.45) is 1.75. The molecule has 1 aromatic heterocycles. The first-order chi connectivity index (χ1) is 8.02. The highest BCUT2D eigenvalue weighted by atomic mass is 35.5. The SMILES string of the molecule is C=C(Cl)CNC(=O)c1cc(Cl)nc(CCC)c1. The number of rotatable bonds is 5. The van der Waals surface area contributed by atoms with Crippen LogP contribution in [-0.4, -0.2) is 17.4 Å². The zero-order valence-corrected chi connectivity index (χ0v) is 11.1. The first-order valence-corrected chi connectivity index (χ1v) is 6.06. The molecule has 0 saturated heterocycles. The Morgan fingerprint density at radius 1 is 1.53 bits per heavy atom. The van der Waals surface area contributed by atoms with E-state index in [4.69, 9.17) is 23.2 Å². The zero-order chi connectivity index (χ0) is 12.8. The van der Waals surface area contributed by atoms with E-state index in [-0.39, 0.29) is 12.5 Å². The van der Waals surface area contributed by atoms with Crippen LogP contribution in [-0.2, 0) is 6.42 Å². The molecular formula is C12H14Cl2N2O. The summed E-state index contributed by atoms with van der Waals surface area (Å²) in [4.78, 5) is 15.9. The quantitative estimate of drug-likeness (QED) is 0.837. The normalized spacial score (nSPS) is 10.1. The molecule has 0 radical (unpaired) electrons. The average Bonchev–Trinajstić information content (AvgIpc) is 2.25. The summed E-state index contributed by atoms with van der Waals surface area (Å²) >= 11 is 11.4. The van der Waals surface area contributed by atoms with Crippen LogP contribution in [0.5, 0.6) is 0 Å². The van der Waals surface area contributed by atoms with Gasteiger partial charge in [0.15, 0.2) is 0 Å². The van der Waals surface area contributed by atoms with Gasteiger partial charge in [0, 0.05) is 16.3 Å². The topological polar surface area (TPSA) is 42.0 Å². The van der Waals surface area contributed by atoms with E-state index in [0.717, 1.165) is 18.5 Å². The largest absolute Gasteiger partial charge is 0.347 e. The lowest BCUT2D eigenvalue weighted by Crippen LogP contribution is -2.24. The van der Waals surface area contributed by atoms with Crippen molar-refractivity contribution in [2.45, 2.75) is 19.8 Å². The van der Waals surface area contributed by atoms with Gasteiger partial charge in [-0.1, -0.05) is 43.1 Å². The smallest absolute Gasteiger partial charge is 0.251 e. The number of aryl methyl sites for hydroxylation is 1. The number of carbonyl (C=O) groups is 1. The van der Waals surface area contributed by atoms with Crippen molar-refractivity contribution >= 4 is 29.1 Å². The van der Waals surface area contributed by atoms with Crippen LogP contribution in [0.15, 0.2) is 23.7 Å². The van der Waals surface area contributed by atoms with Gasteiger partial charge in [0.1, 0.15) is 5.15 Å². The van der Waals surface area contributed by atoms with Crippen molar-refractivity contribution in [3.05, 3.63) is 40.2 Å². The van der Waals surface area contributed by atoms with E-state index in [2.05, 4.69) is 16.9 Å². The molecule has 0 aliphatic rings. The molecule has 17 heavy (non-hydrogen) atoms. The minimum atomic E-state index is -0.228. The fraction of sp³-hybridized carbons (Fsp3) is 0.333. The van der Waals surface area contributed by atoms with Crippen molar-refractivity contribution in [1.82, 2.24) is 10.3 Å². The fourth-order valence-electron chi connectivity index (χ4n) is 1.34. The second kappa shape index (κ2) is 6.62. The molecule has 1 heterocycles. The number of hydrogen-bond acceptors (Lipinski definition) is 2. The molecule has 0 spiro atoms. The summed E-state index contributed by atoms with van der Waals surface area (Å²) in [5.41, 5.74) is 1.31. The molecule has 0 saturated carbocycles. The van der Waals surface area contributed by atoms with Gasteiger partial charge in [-0.25, -0.2) is 4.98 Å². The lowest BCUT2D eigenvalue weighted by Gasteiger charge is -2.06. The van der Waals surface area contributed by atoms with Crippen molar-refractivity contribution in [3.63, 3.8) is 0 Å². The Balaban J connectivity index is 2.81. The van der Waals surface area contributed by atoms with Crippen molar-refractivity contribution < 1.29 is 4.79 Å². The van der Waals surface area contributed by atoms with Crippen LogP contribution in [0.25, 0.3) is 0 Å². The number of nitrogens with zero attached hydrogens (tertiary/aromatic N) is 1. The van der Waals surface area contributed by atoms with E-state index < -0.39 is 0 Å². The Kier molecular flexibility index (Phi) is 5.45. The summed E-state index contributed by atoms with van der Waals surface area (Å²) < 4.78 is 0. The Morgan fingerprint density at radius 2 is 2.24 bits per heavy atom. The lowest BCUT2D eigenvalue weighted by molar-refractivity contribution is 0.0957. The van der Waals surface area contributed by atoms with E-state index >= 15 is 0 Å². The minimum absolute atomic E-state index is 0.228. The summed E-state index contributed by atoms with van der Waals surface area (Å²) in [7, 11) is 0. The van der Waals surface area contributed by atoms with Gasteiger partial charge in [-0.3, -0.25) is 4.79 Å². The number of nitrogens with one attached hydrogen (secondary N) is 1. The molecule has 0 aromatic carbocycles. The molecule has 92 valence electrons. The van der Waals surface area contributed by atoms with E-state index in [0.29, 0.717) is 15.7 Å². The Labute approximate surface area is 111 Å². The zero-order valence-electron chi connectivity index (χ0n) is 9.59. The molecule has 1 N–H and O–H groups in total. The van der Waals surface area contributed by atoms with Crippen LogP contribution < -0.4 is 5.32 Å². The summed E-state index contributed by atoms with van der Waals surface area (Å²) in [6, 6.07) is 3.27. The van der Waals surface area contributed by atoms with Crippen molar-refractivity contribution in [2.24, 2.45) is 0 Å². The molecule has 0 aliphatic heterocycles. The third-order valence-corrected chi connectivity index (χ3v) is 2.38. The van der Waals surface area contributed by atoms with Gasteiger partial charge >= 0.3 is 0 Å². The van der Waals surface area contributed by atoms with E-state index in [1.54, 1.807) is 6.07 Å². The molecule has 1 rings (SSSR count). The van der Waals surface area contributed by atoms with Crippen LogP contribution in [0.4, 0.5) is 0 Å². The van der Waals surface area contributed by atoms with E-state index in [1.165, 1.54) is 6.07 Å².